The Labute approximate surface area is 180 Å². The summed E-state index contributed by atoms with van der Waals surface area (Å²) in [6, 6.07) is 8.92. The molecule has 3 rings (SSSR count). The number of piperazine rings is 1. The van der Waals surface area contributed by atoms with E-state index in [1.807, 2.05) is 0 Å². The molecule has 0 amide bonds. The van der Waals surface area contributed by atoms with E-state index in [-0.39, 0.29) is 0 Å². The van der Waals surface area contributed by atoms with E-state index in [1.165, 1.54) is 24.2 Å². The molecular weight excluding hydrogens is 376 g/mol. The summed E-state index contributed by atoms with van der Waals surface area (Å²) in [5, 5.41) is 14.8. The summed E-state index contributed by atoms with van der Waals surface area (Å²) in [7, 11) is 1.80. The van der Waals surface area contributed by atoms with Gasteiger partial charge in [0, 0.05) is 65.8 Å². The highest BCUT2D eigenvalue weighted by Gasteiger charge is 2.15. The zero-order chi connectivity index (χ0) is 21.2. The van der Waals surface area contributed by atoms with Gasteiger partial charge in [-0.15, -0.1) is 10.2 Å². The molecule has 0 bridgehead atoms. The molecule has 1 fully saturated rings. The van der Waals surface area contributed by atoms with Gasteiger partial charge in [-0.1, -0.05) is 38.1 Å². The molecule has 2 aromatic rings. The van der Waals surface area contributed by atoms with Crippen LogP contribution in [0.5, 0.6) is 0 Å². The summed E-state index contributed by atoms with van der Waals surface area (Å²) in [5.74, 6) is 1.81. The van der Waals surface area contributed by atoms with Crippen molar-refractivity contribution in [3.8, 4) is 0 Å². The van der Waals surface area contributed by atoms with Crippen molar-refractivity contribution in [1.29, 1.82) is 0 Å². The topological polar surface area (TPSA) is 73.6 Å². The van der Waals surface area contributed by atoms with E-state index in [0.717, 1.165) is 64.0 Å². The Morgan fingerprint density at radius 1 is 1.00 bits per heavy atom. The van der Waals surface area contributed by atoms with Gasteiger partial charge in [0.05, 0.1) is 0 Å². The van der Waals surface area contributed by atoms with E-state index in [2.05, 4.69) is 78.3 Å². The summed E-state index contributed by atoms with van der Waals surface area (Å²) in [4.78, 5) is 9.38. The molecule has 0 aliphatic carbocycles. The molecule has 0 atom stereocenters. The number of rotatable bonds is 9. The van der Waals surface area contributed by atoms with Crippen molar-refractivity contribution in [2.24, 2.45) is 4.99 Å². The molecule has 2 heterocycles. The molecule has 1 aliphatic heterocycles. The minimum atomic E-state index is 0.752. The molecule has 1 aliphatic rings. The Bertz CT molecular complexity index is 775. The summed E-state index contributed by atoms with van der Waals surface area (Å²) in [6.45, 7) is 13.6. The first kappa shape index (κ1) is 22.2. The molecule has 0 saturated carbocycles. The lowest BCUT2D eigenvalue weighted by Crippen LogP contribution is -2.45. The minimum absolute atomic E-state index is 0.752. The summed E-state index contributed by atoms with van der Waals surface area (Å²) < 4.78 is 2.07. The number of aromatic nitrogens is 3. The highest BCUT2D eigenvalue weighted by molar-refractivity contribution is 5.79. The van der Waals surface area contributed by atoms with Crippen LogP contribution in [0.25, 0.3) is 0 Å². The molecule has 164 valence electrons. The molecule has 0 unspecified atom stereocenters. The fourth-order valence-electron chi connectivity index (χ4n) is 3.72. The third kappa shape index (κ3) is 6.53. The largest absolute Gasteiger partial charge is 0.355 e. The predicted octanol–water partition coefficient (Wildman–Crippen LogP) is 1.34. The van der Waals surface area contributed by atoms with Gasteiger partial charge in [-0.2, -0.15) is 0 Å². The fraction of sp³-hybridized carbons (Fsp3) is 0.591. The zero-order valence-electron chi connectivity index (χ0n) is 18.6. The zero-order valence-corrected chi connectivity index (χ0v) is 18.6. The van der Waals surface area contributed by atoms with E-state index in [9.17, 15) is 0 Å². The number of hydrogen-bond donors (Lipinski definition) is 2. The lowest BCUT2D eigenvalue weighted by molar-refractivity contribution is 0.132. The van der Waals surface area contributed by atoms with Crippen LogP contribution in [-0.2, 0) is 26.1 Å². The molecular formula is C22H36N8. The van der Waals surface area contributed by atoms with Crippen LogP contribution in [-0.4, -0.2) is 76.8 Å². The second-order valence-electron chi connectivity index (χ2n) is 7.67. The number of hydrogen-bond acceptors (Lipinski definition) is 5. The SMILES string of the molecule is CCc1nncn1CCNC(=NC)NCc1ccc(CN2CCN(CC)CC2)cc1. The standard InChI is InChI=1S/C22H36N8/c1-4-21-27-26-18-30(21)11-10-24-22(23-3)25-16-19-6-8-20(9-7-19)17-29-14-12-28(5-2)13-15-29/h6-9,18H,4-5,10-17H2,1-3H3,(H2,23,24,25). The number of aliphatic imine (C=N–C) groups is 1. The van der Waals surface area contributed by atoms with Gasteiger partial charge >= 0.3 is 0 Å². The van der Waals surface area contributed by atoms with Crippen LogP contribution >= 0.6 is 0 Å². The first-order valence-corrected chi connectivity index (χ1v) is 11.1. The first-order chi connectivity index (χ1) is 14.7. The van der Waals surface area contributed by atoms with Crippen LogP contribution in [0.15, 0.2) is 35.6 Å². The number of guanidine groups is 1. The van der Waals surface area contributed by atoms with E-state index in [4.69, 9.17) is 0 Å². The average Bonchev–Trinajstić information content (AvgIpc) is 3.25. The number of aryl methyl sites for hydroxylation is 1. The number of likely N-dealkylation sites (N-methyl/N-ethyl adjacent to an activating group) is 1. The monoisotopic (exact) mass is 412 g/mol. The van der Waals surface area contributed by atoms with E-state index in [0.29, 0.717) is 0 Å². The lowest BCUT2D eigenvalue weighted by Gasteiger charge is -2.34. The summed E-state index contributed by atoms with van der Waals surface area (Å²) in [5.41, 5.74) is 2.64. The minimum Gasteiger partial charge on any atom is -0.355 e. The molecule has 1 aromatic heterocycles. The quantitative estimate of drug-likeness (QED) is 0.478. The van der Waals surface area contributed by atoms with Crippen molar-refractivity contribution >= 4 is 5.96 Å². The van der Waals surface area contributed by atoms with Crippen LogP contribution in [0.2, 0.25) is 0 Å². The van der Waals surface area contributed by atoms with Crippen molar-refractivity contribution in [2.45, 2.75) is 39.9 Å². The van der Waals surface area contributed by atoms with Gasteiger partial charge in [-0.3, -0.25) is 9.89 Å². The molecule has 8 nitrogen and oxygen atoms in total. The van der Waals surface area contributed by atoms with Crippen molar-refractivity contribution < 1.29 is 0 Å². The summed E-state index contributed by atoms with van der Waals surface area (Å²) in [6.07, 6.45) is 2.67. The van der Waals surface area contributed by atoms with Crippen molar-refractivity contribution in [1.82, 2.24) is 35.2 Å². The van der Waals surface area contributed by atoms with E-state index >= 15 is 0 Å². The van der Waals surface area contributed by atoms with Gasteiger partial charge in [-0.25, -0.2) is 0 Å². The maximum atomic E-state index is 4.32. The van der Waals surface area contributed by atoms with Crippen LogP contribution in [0.4, 0.5) is 0 Å². The third-order valence-electron chi connectivity index (χ3n) is 5.68. The van der Waals surface area contributed by atoms with Gasteiger partial charge in [0.2, 0.25) is 0 Å². The molecule has 1 aromatic carbocycles. The van der Waals surface area contributed by atoms with E-state index in [1.54, 1.807) is 13.4 Å². The predicted molar refractivity (Wildman–Crippen MR) is 121 cm³/mol. The van der Waals surface area contributed by atoms with Gasteiger partial charge in [0.15, 0.2) is 5.96 Å². The van der Waals surface area contributed by atoms with Crippen molar-refractivity contribution in [3.63, 3.8) is 0 Å². The highest BCUT2D eigenvalue weighted by atomic mass is 15.3. The maximum absolute atomic E-state index is 4.32. The summed E-state index contributed by atoms with van der Waals surface area (Å²) >= 11 is 0. The van der Waals surface area contributed by atoms with Crippen LogP contribution < -0.4 is 10.6 Å². The fourth-order valence-corrected chi connectivity index (χ4v) is 3.72. The second kappa shape index (κ2) is 11.7. The second-order valence-corrected chi connectivity index (χ2v) is 7.67. The molecule has 1 saturated heterocycles. The Kier molecular flexibility index (Phi) is 8.65. The molecule has 30 heavy (non-hydrogen) atoms. The van der Waals surface area contributed by atoms with Crippen LogP contribution in [0.1, 0.15) is 30.8 Å². The Hall–Kier alpha value is -2.45. The maximum Gasteiger partial charge on any atom is 0.191 e. The molecule has 0 spiro atoms. The third-order valence-corrected chi connectivity index (χ3v) is 5.68. The lowest BCUT2D eigenvalue weighted by atomic mass is 10.1. The Balaban J connectivity index is 1.39. The van der Waals surface area contributed by atoms with Crippen LogP contribution in [0, 0.1) is 0 Å². The molecule has 2 N–H and O–H groups in total. The van der Waals surface area contributed by atoms with Crippen molar-refractivity contribution in [3.05, 3.63) is 47.5 Å². The van der Waals surface area contributed by atoms with Crippen LogP contribution in [0.3, 0.4) is 0 Å². The first-order valence-electron chi connectivity index (χ1n) is 11.1. The van der Waals surface area contributed by atoms with Gasteiger partial charge < -0.3 is 20.1 Å². The number of nitrogens with zero attached hydrogens (tertiary/aromatic N) is 6. The molecule has 0 radical (unpaired) electrons. The molecule has 8 heteroatoms. The average molecular weight is 413 g/mol. The Morgan fingerprint density at radius 3 is 2.37 bits per heavy atom. The van der Waals surface area contributed by atoms with E-state index < -0.39 is 0 Å². The van der Waals surface area contributed by atoms with Gasteiger partial charge in [-0.05, 0) is 17.7 Å². The van der Waals surface area contributed by atoms with Gasteiger partial charge in [0.25, 0.3) is 0 Å². The van der Waals surface area contributed by atoms with Gasteiger partial charge in [0.1, 0.15) is 12.2 Å². The Morgan fingerprint density at radius 2 is 1.70 bits per heavy atom. The smallest absolute Gasteiger partial charge is 0.191 e. The van der Waals surface area contributed by atoms with Crippen molar-refractivity contribution in [2.75, 3.05) is 46.3 Å². The number of benzene rings is 1. The normalized spacial score (nSPS) is 16.0. The number of nitrogens with one attached hydrogen (secondary N) is 2. The highest BCUT2D eigenvalue weighted by Crippen LogP contribution is 2.10.